The first kappa shape index (κ1) is 10.0. The van der Waals surface area contributed by atoms with Crippen molar-refractivity contribution in [3.63, 3.8) is 0 Å². The fourth-order valence-electron chi connectivity index (χ4n) is 1.61. The first-order valence-electron chi connectivity index (χ1n) is 5.23. The molecule has 0 bridgehead atoms. The Kier molecular flexibility index (Phi) is 5.37. The maximum absolute atomic E-state index is 5.46. The van der Waals surface area contributed by atoms with Gasteiger partial charge in [-0.05, 0) is 45.3 Å². The zero-order chi connectivity index (χ0) is 8.65. The Hall–Kier alpha value is -0.0800. The highest BCUT2D eigenvalue weighted by Crippen LogP contribution is 2.02. The van der Waals surface area contributed by atoms with E-state index in [9.17, 15) is 0 Å². The molecule has 0 aromatic rings. The van der Waals surface area contributed by atoms with Gasteiger partial charge >= 0.3 is 0 Å². The van der Waals surface area contributed by atoms with Gasteiger partial charge in [-0.2, -0.15) is 0 Å². The number of rotatable bonds is 1. The molecule has 2 heteroatoms. The lowest BCUT2D eigenvalue weighted by molar-refractivity contribution is 0.113. The summed E-state index contributed by atoms with van der Waals surface area (Å²) in [6.45, 7) is 7.93. The molecule has 1 fully saturated rings. The van der Waals surface area contributed by atoms with Crippen molar-refractivity contribution in [2.75, 3.05) is 32.8 Å². The van der Waals surface area contributed by atoms with Crippen LogP contribution < -0.4 is 0 Å². The Bertz CT molecular complexity index is 96.0. The van der Waals surface area contributed by atoms with Crippen molar-refractivity contribution in [3.8, 4) is 0 Å². The van der Waals surface area contributed by atoms with Gasteiger partial charge in [0.1, 0.15) is 0 Å². The first-order chi connectivity index (χ1) is 5.93. The molecule has 0 radical (unpaired) electrons. The smallest absolute Gasteiger partial charge is 0.0466 e. The summed E-state index contributed by atoms with van der Waals surface area (Å²) in [5, 5.41) is 0. The average molecular weight is 171 g/mol. The Morgan fingerprint density at radius 3 is 2.08 bits per heavy atom. The first-order valence-corrected chi connectivity index (χ1v) is 5.23. The van der Waals surface area contributed by atoms with Crippen LogP contribution in [0.1, 0.15) is 32.6 Å². The van der Waals surface area contributed by atoms with Crippen molar-refractivity contribution < 1.29 is 4.74 Å². The molecule has 0 spiro atoms. The Morgan fingerprint density at radius 1 is 1.00 bits per heavy atom. The Balaban J connectivity index is 2.17. The van der Waals surface area contributed by atoms with Crippen LogP contribution in [-0.4, -0.2) is 37.7 Å². The summed E-state index contributed by atoms with van der Waals surface area (Å²) in [6, 6.07) is 0. The third-order valence-corrected chi connectivity index (χ3v) is 2.47. The summed E-state index contributed by atoms with van der Waals surface area (Å²) in [6.07, 6.45) is 5.06. The fraction of sp³-hybridized carbons (Fsp3) is 1.00. The van der Waals surface area contributed by atoms with Crippen molar-refractivity contribution in [1.82, 2.24) is 4.90 Å². The molecule has 1 aliphatic rings. The predicted molar refractivity (Wildman–Crippen MR) is 51.4 cm³/mol. The van der Waals surface area contributed by atoms with Crippen LogP contribution in [0.15, 0.2) is 0 Å². The standard InChI is InChI=1S/C10H21NO/c1-2-11-7-3-5-9-12-10-6-4-8-11/h2-10H2,1H3. The molecule has 0 saturated carbocycles. The topological polar surface area (TPSA) is 12.5 Å². The maximum atomic E-state index is 5.46. The molecule has 1 rings (SSSR count). The molecule has 1 saturated heterocycles. The molecule has 0 amide bonds. The zero-order valence-electron chi connectivity index (χ0n) is 8.22. The van der Waals surface area contributed by atoms with E-state index in [0.29, 0.717) is 0 Å². The van der Waals surface area contributed by atoms with E-state index in [1.807, 2.05) is 0 Å². The highest BCUT2D eigenvalue weighted by Gasteiger charge is 2.03. The molecular formula is C10H21NO. The average Bonchev–Trinajstić information content (AvgIpc) is 2.14. The lowest BCUT2D eigenvalue weighted by Crippen LogP contribution is -2.26. The Morgan fingerprint density at radius 2 is 1.58 bits per heavy atom. The van der Waals surface area contributed by atoms with E-state index in [0.717, 1.165) is 13.2 Å². The van der Waals surface area contributed by atoms with Gasteiger partial charge in [-0.1, -0.05) is 6.92 Å². The van der Waals surface area contributed by atoms with Crippen molar-refractivity contribution >= 4 is 0 Å². The third kappa shape index (κ3) is 4.07. The van der Waals surface area contributed by atoms with Crippen LogP contribution in [0.2, 0.25) is 0 Å². The minimum Gasteiger partial charge on any atom is -0.381 e. The van der Waals surface area contributed by atoms with Gasteiger partial charge in [-0.25, -0.2) is 0 Å². The second kappa shape index (κ2) is 6.44. The van der Waals surface area contributed by atoms with Crippen molar-refractivity contribution in [3.05, 3.63) is 0 Å². The van der Waals surface area contributed by atoms with Crippen LogP contribution in [-0.2, 0) is 4.74 Å². The summed E-state index contributed by atoms with van der Waals surface area (Å²) >= 11 is 0. The van der Waals surface area contributed by atoms with Gasteiger partial charge in [0.05, 0.1) is 0 Å². The predicted octanol–water partition coefficient (Wildman–Crippen LogP) is 1.90. The van der Waals surface area contributed by atoms with Gasteiger partial charge in [0.25, 0.3) is 0 Å². The highest BCUT2D eigenvalue weighted by atomic mass is 16.5. The van der Waals surface area contributed by atoms with E-state index in [1.165, 1.54) is 45.3 Å². The van der Waals surface area contributed by atoms with Crippen molar-refractivity contribution in [2.24, 2.45) is 0 Å². The lowest BCUT2D eigenvalue weighted by Gasteiger charge is -2.21. The summed E-state index contributed by atoms with van der Waals surface area (Å²) in [7, 11) is 0. The molecule has 0 unspecified atom stereocenters. The lowest BCUT2D eigenvalue weighted by atomic mass is 10.2. The minimum absolute atomic E-state index is 0.970. The monoisotopic (exact) mass is 171 g/mol. The van der Waals surface area contributed by atoms with Crippen LogP contribution in [0.3, 0.4) is 0 Å². The molecule has 72 valence electrons. The van der Waals surface area contributed by atoms with Crippen LogP contribution in [0.4, 0.5) is 0 Å². The summed E-state index contributed by atoms with van der Waals surface area (Å²) in [5.41, 5.74) is 0. The third-order valence-electron chi connectivity index (χ3n) is 2.47. The van der Waals surface area contributed by atoms with E-state index in [4.69, 9.17) is 4.74 Å². The van der Waals surface area contributed by atoms with Gasteiger partial charge in [0.15, 0.2) is 0 Å². The van der Waals surface area contributed by atoms with E-state index < -0.39 is 0 Å². The second-order valence-electron chi connectivity index (χ2n) is 3.46. The molecule has 2 nitrogen and oxygen atoms in total. The summed E-state index contributed by atoms with van der Waals surface area (Å²) in [4.78, 5) is 2.55. The molecule has 12 heavy (non-hydrogen) atoms. The molecule has 0 N–H and O–H groups in total. The summed E-state index contributed by atoms with van der Waals surface area (Å²) in [5.74, 6) is 0. The molecular weight excluding hydrogens is 150 g/mol. The van der Waals surface area contributed by atoms with Crippen molar-refractivity contribution in [2.45, 2.75) is 32.6 Å². The SMILES string of the molecule is CCN1CCCCOCCCC1. The second-order valence-corrected chi connectivity index (χ2v) is 3.46. The normalized spacial score (nSPS) is 23.8. The number of nitrogens with zero attached hydrogens (tertiary/aromatic N) is 1. The van der Waals surface area contributed by atoms with E-state index >= 15 is 0 Å². The number of hydrogen-bond donors (Lipinski definition) is 0. The van der Waals surface area contributed by atoms with Crippen LogP contribution in [0.25, 0.3) is 0 Å². The number of ether oxygens (including phenoxy) is 1. The van der Waals surface area contributed by atoms with Crippen LogP contribution in [0, 0.1) is 0 Å². The summed E-state index contributed by atoms with van der Waals surface area (Å²) < 4.78 is 5.46. The molecule has 0 atom stereocenters. The van der Waals surface area contributed by atoms with Gasteiger partial charge in [0.2, 0.25) is 0 Å². The molecule has 1 heterocycles. The van der Waals surface area contributed by atoms with Crippen LogP contribution in [0.5, 0.6) is 0 Å². The molecule has 0 aromatic heterocycles. The van der Waals surface area contributed by atoms with Gasteiger partial charge < -0.3 is 9.64 Å². The number of hydrogen-bond acceptors (Lipinski definition) is 2. The van der Waals surface area contributed by atoms with Crippen molar-refractivity contribution in [1.29, 1.82) is 0 Å². The molecule has 1 aliphatic heterocycles. The maximum Gasteiger partial charge on any atom is 0.0466 e. The highest BCUT2D eigenvalue weighted by molar-refractivity contribution is 4.57. The fourth-order valence-corrected chi connectivity index (χ4v) is 1.61. The van der Waals surface area contributed by atoms with Gasteiger partial charge in [-0.15, -0.1) is 0 Å². The Labute approximate surface area is 75.9 Å². The van der Waals surface area contributed by atoms with Gasteiger partial charge in [0, 0.05) is 13.2 Å². The largest absolute Gasteiger partial charge is 0.381 e. The quantitative estimate of drug-likeness (QED) is 0.597. The molecule has 0 aliphatic carbocycles. The molecule has 0 aromatic carbocycles. The minimum atomic E-state index is 0.970. The van der Waals surface area contributed by atoms with Crippen LogP contribution >= 0.6 is 0 Å². The van der Waals surface area contributed by atoms with E-state index in [1.54, 1.807) is 0 Å². The zero-order valence-corrected chi connectivity index (χ0v) is 8.22. The van der Waals surface area contributed by atoms with Gasteiger partial charge in [-0.3, -0.25) is 0 Å². The van der Waals surface area contributed by atoms with E-state index in [-0.39, 0.29) is 0 Å². The van der Waals surface area contributed by atoms with E-state index in [2.05, 4.69) is 11.8 Å².